The van der Waals surface area contributed by atoms with Crippen molar-refractivity contribution in [1.29, 1.82) is 5.26 Å². The monoisotopic (exact) mass is 162 g/mol. The van der Waals surface area contributed by atoms with Crippen molar-refractivity contribution in [3.05, 3.63) is 29.8 Å². The Morgan fingerprint density at radius 3 is 2.58 bits per heavy atom. The van der Waals surface area contributed by atoms with Gasteiger partial charge in [-0.25, -0.2) is 0 Å². The second-order valence-corrected chi connectivity index (χ2v) is 2.22. The molecule has 0 aliphatic rings. The SMILES string of the molecule is CCONc1ccc(C#N)cc1. The minimum atomic E-state index is 0.611. The fourth-order valence-electron chi connectivity index (χ4n) is 0.768. The van der Waals surface area contributed by atoms with Gasteiger partial charge in [0.25, 0.3) is 0 Å². The topological polar surface area (TPSA) is 45.0 Å². The smallest absolute Gasteiger partial charge is 0.0991 e. The summed E-state index contributed by atoms with van der Waals surface area (Å²) in [5.74, 6) is 0. The summed E-state index contributed by atoms with van der Waals surface area (Å²) in [5.41, 5.74) is 4.24. The van der Waals surface area contributed by atoms with Gasteiger partial charge >= 0.3 is 0 Å². The van der Waals surface area contributed by atoms with E-state index in [9.17, 15) is 0 Å². The third-order valence-electron chi connectivity index (χ3n) is 1.35. The van der Waals surface area contributed by atoms with Crippen LogP contribution in [0.25, 0.3) is 0 Å². The number of nitriles is 1. The average molecular weight is 162 g/mol. The number of hydrogen-bond acceptors (Lipinski definition) is 3. The highest BCUT2D eigenvalue weighted by atomic mass is 16.6. The second kappa shape index (κ2) is 4.37. The van der Waals surface area contributed by atoms with Crippen LogP contribution in [0.4, 0.5) is 5.69 Å². The van der Waals surface area contributed by atoms with Gasteiger partial charge in [0.05, 0.1) is 23.9 Å². The number of nitrogens with one attached hydrogen (secondary N) is 1. The molecule has 0 fully saturated rings. The van der Waals surface area contributed by atoms with E-state index < -0.39 is 0 Å². The first-order valence-corrected chi connectivity index (χ1v) is 3.74. The molecule has 0 unspecified atom stereocenters. The summed E-state index contributed by atoms with van der Waals surface area (Å²) in [6.45, 7) is 2.51. The van der Waals surface area contributed by atoms with Crippen LogP contribution in [0.1, 0.15) is 12.5 Å². The summed E-state index contributed by atoms with van der Waals surface area (Å²) in [6, 6.07) is 9.12. The van der Waals surface area contributed by atoms with Gasteiger partial charge in [0.2, 0.25) is 0 Å². The molecule has 1 N–H and O–H groups in total. The maximum atomic E-state index is 8.50. The van der Waals surface area contributed by atoms with Gasteiger partial charge in [-0.15, -0.1) is 0 Å². The molecule has 3 nitrogen and oxygen atoms in total. The Morgan fingerprint density at radius 2 is 2.08 bits per heavy atom. The Labute approximate surface area is 71.5 Å². The van der Waals surface area contributed by atoms with Gasteiger partial charge in [0, 0.05) is 0 Å². The maximum absolute atomic E-state index is 8.50. The summed E-state index contributed by atoms with van der Waals surface area (Å²) >= 11 is 0. The maximum Gasteiger partial charge on any atom is 0.0991 e. The average Bonchev–Trinajstić information content (AvgIpc) is 2.15. The first-order chi connectivity index (χ1) is 5.86. The third kappa shape index (κ3) is 2.26. The molecular formula is C9H10N2O. The van der Waals surface area contributed by atoms with Crippen molar-refractivity contribution in [2.24, 2.45) is 0 Å². The molecule has 0 aliphatic heterocycles. The molecule has 0 amide bonds. The van der Waals surface area contributed by atoms with Crippen molar-refractivity contribution in [2.75, 3.05) is 12.1 Å². The highest BCUT2D eigenvalue weighted by molar-refractivity contribution is 5.45. The summed E-state index contributed by atoms with van der Waals surface area (Å²) in [5, 5.41) is 8.50. The highest BCUT2D eigenvalue weighted by Crippen LogP contribution is 2.07. The molecule has 1 aromatic rings. The van der Waals surface area contributed by atoms with Gasteiger partial charge in [-0.1, -0.05) is 0 Å². The lowest BCUT2D eigenvalue weighted by atomic mass is 10.2. The van der Waals surface area contributed by atoms with Crippen molar-refractivity contribution < 1.29 is 4.84 Å². The Hall–Kier alpha value is -1.53. The summed E-state index contributed by atoms with van der Waals surface area (Å²) in [6.07, 6.45) is 0. The van der Waals surface area contributed by atoms with Crippen LogP contribution in [-0.4, -0.2) is 6.61 Å². The van der Waals surface area contributed by atoms with E-state index in [1.54, 1.807) is 24.3 Å². The molecule has 62 valence electrons. The Bertz CT molecular complexity index is 274. The normalized spacial score (nSPS) is 9.00. The van der Waals surface area contributed by atoms with Crippen LogP contribution in [0.2, 0.25) is 0 Å². The molecule has 0 bridgehead atoms. The van der Waals surface area contributed by atoms with Gasteiger partial charge in [-0.3, -0.25) is 10.3 Å². The zero-order chi connectivity index (χ0) is 8.81. The van der Waals surface area contributed by atoms with Gasteiger partial charge < -0.3 is 0 Å². The van der Waals surface area contributed by atoms with Gasteiger partial charge in [-0.2, -0.15) is 5.26 Å². The molecular weight excluding hydrogens is 152 g/mol. The molecule has 1 aromatic carbocycles. The number of benzene rings is 1. The third-order valence-corrected chi connectivity index (χ3v) is 1.35. The number of anilines is 1. The van der Waals surface area contributed by atoms with E-state index in [2.05, 4.69) is 5.48 Å². The lowest BCUT2D eigenvalue weighted by molar-refractivity contribution is 0.210. The number of nitrogens with zero attached hydrogens (tertiary/aromatic N) is 1. The predicted octanol–water partition coefficient (Wildman–Crippen LogP) is 1.92. The highest BCUT2D eigenvalue weighted by Gasteiger charge is 1.90. The van der Waals surface area contributed by atoms with E-state index in [1.165, 1.54) is 0 Å². The van der Waals surface area contributed by atoms with E-state index in [0.29, 0.717) is 12.2 Å². The van der Waals surface area contributed by atoms with E-state index in [-0.39, 0.29) is 0 Å². The van der Waals surface area contributed by atoms with Crippen molar-refractivity contribution in [2.45, 2.75) is 6.92 Å². The zero-order valence-electron chi connectivity index (χ0n) is 6.87. The molecule has 0 radical (unpaired) electrons. The molecule has 3 heteroatoms. The minimum absolute atomic E-state index is 0.611. The molecule has 0 saturated heterocycles. The van der Waals surface area contributed by atoms with Crippen LogP contribution in [-0.2, 0) is 4.84 Å². The van der Waals surface area contributed by atoms with Crippen LogP contribution >= 0.6 is 0 Å². The summed E-state index contributed by atoms with van der Waals surface area (Å²) in [7, 11) is 0. The summed E-state index contributed by atoms with van der Waals surface area (Å²) < 4.78 is 0. The summed E-state index contributed by atoms with van der Waals surface area (Å²) in [4.78, 5) is 4.96. The molecule has 0 aliphatic carbocycles. The van der Waals surface area contributed by atoms with Crippen molar-refractivity contribution in [3.63, 3.8) is 0 Å². The van der Waals surface area contributed by atoms with Crippen LogP contribution in [0, 0.1) is 11.3 Å². The van der Waals surface area contributed by atoms with Gasteiger partial charge in [0.1, 0.15) is 0 Å². The molecule has 1 rings (SSSR count). The van der Waals surface area contributed by atoms with Crippen LogP contribution in [0.15, 0.2) is 24.3 Å². The quantitative estimate of drug-likeness (QED) is 0.690. The van der Waals surface area contributed by atoms with E-state index >= 15 is 0 Å². The van der Waals surface area contributed by atoms with Gasteiger partial charge in [0.15, 0.2) is 0 Å². The van der Waals surface area contributed by atoms with E-state index in [4.69, 9.17) is 10.1 Å². The lowest BCUT2D eigenvalue weighted by Crippen LogP contribution is -1.99. The molecule has 0 aromatic heterocycles. The van der Waals surface area contributed by atoms with E-state index in [0.717, 1.165) is 5.69 Å². The predicted molar refractivity (Wildman–Crippen MR) is 46.4 cm³/mol. The molecule has 0 heterocycles. The number of rotatable bonds is 3. The van der Waals surface area contributed by atoms with Gasteiger partial charge in [-0.05, 0) is 31.2 Å². The first kappa shape index (κ1) is 8.57. The lowest BCUT2D eigenvalue weighted by Gasteiger charge is -2.03. The Balaban J connectivity index is 2.60. The van der Waals surface area contributed by atoms with Crippen LogP contribution < -0.4 is 5.48 Å². The Kier molecular flexibility index (Phi) is 3.12. The van der Waals surface area contributed by atoms with Crippen molar-refractivity contribution in [1.82, 2.24) is 0 Å². The second-order valence-electron chi connectivity index (χ2n) is 2.22. The fraction of sp³-hybridized carbons (Fsp3) is 0.222. The van der Waals surface area contributed by atoms with Crippen molar-refractivity contribution >= 4 is 5.69 Å². The zero-order valence-corrected chi connectivity index (χ0v) is 6.87. The van der Waals surface area contributed by atoms with E-state index in [1.807, 2.05) is 13.0 Å². The molecule has 0 saturated carbocycles. The largest absolute Gasteiger partial charge is 0.276 e. The van der Waals surface area contributed by atoms with Crippen LogP contribution in [0.3, 0.4) is 0 Å². The molecule has 0 spiro atoms. The minimum Gasteiger partial charge on any atom is -0.276 e. The van der Waals surface area contributed by atoms with Crippen molar-refractivity contribution in [3.8, 4) is 6.07 Å². The Morgan fingerprint density at radius 1 is 1.42 bits per heavy atom. The first-order valence-electron chi connectivity index (χ1n) is 3.74. The van der Waals surface area contributed by atoms with Crippen LogP contribution in [0.5, 0.6) is 0 Å². The standard InChI is InChI=1S/C9H10N2O/c1-2-12-11-9-5-3-8(7-10)4-6-9/h3-6,11H,2H2,1H3. The number of hydrogen-bond donors (Lipinski definition) is 1. The molecule has 12 heavy (non-hydrogen) atoms. The fourth-order valence-corrected chi connectivity index (χ4v) is 0.768. The molecule has 0 atom stereocenters.